The van der Waals surface area contributed by atoms with Crippen molar-refractivity contribution in [3.8, 4) is 5.75 Å². The fourth-order valence-corrected chi connectivity index (χ4v) is 1.13. The standard InChI is InChI=1S/C8H8Cl2N2O2/c9-5-2-1-3-6(8(5)10)14-4-7(13)12-11/h1-3H,4,11H2,(H,12,13). The van der Waals surface area contributed by atoms with Gasteiger partial charge < -0.3 is 4.74 Å². The molecule has 1 aromatic rings. The number of benzene rings is 1. The molecule has 0 aliphatic rings. The second-order valence-electron chi connectivity index (χ2n) is 2.41. The minimum Gasteiger partial charge on any atom is -0.482 e. The Bertz CT molecular complexity index is 344. The Morgan fingerprint density at radius 3 is 2.86 bits per heavy atom. The van der Waals surface area contributed by atoms with E-state index in [9.17, 15) is 4.79 Å². The van der Waals surface area contributed by atoms with Gasteiger partial charge in [0.15, 0.2) is 6.61 Å². The Kier molecular flexibility index (Phi) is 4.00. The largest absolute Gasteiger partial charge is 0.482 e. The lowest BCUT2D eigenvalue weighted by Crippen LogP contribution is -2.34. The summed E-state index contributed by atoms with van der Waals surface area (Å²) < 4.78 is 5.06. The van der Waals surface area contributed by atoms with Gasteiger partial charge in [0.2, 0.25) is 0 Å². The van der Waals surface area contributed by atoms with E-state index >= 15 is 0 Å². The summed E-state index contributed by atoms with van der Waals surface area (Å²) in [6.45, 7) is -0.198. The Balaban J connectivity index is 2.68. The highest BCUT2D eigenvalue weighted by molar-refractivity contribution is 6.42. The summed E-state index contributed by atoms with van der Waals surface area (Å²) in [5.74, 6) is 4.77. The lowest BCUT2D eigenvalue weighted by molar-refractivity contribution is -0.123. The van der Waals surface area contributed by atoms with Crippen molar-refractivity contribution in [3.05, 3.63) is 28.2 Å². The summed E-state index contributed by atoms with van der Waals surface area (Å²) in [6, 6.07) is 4.90. The molecule has 0 saturated carbocycles. The van der Waals surface area contributed by atoms with E-state index in [0.29, 0.717) is 10.8 Å². The van der Waals surface area contributed by atoms with E-state index in [2.05, 4.69) is 0 Å². The normalized spacial score (nSPS) is 9.64. The molecule has 0 heterocycles. The molecule has 6 heteroatoms. The van der Waals surface area contributed by atoms with Gasteiger partial charge in [0.05, 0.1) is 5.02 Å². The molecule has 1 aromatic carbocycles. The van der Waals surface area contributed by atoms with E-state index in [4.69, 9.17) is 33.8 Å². The van der Waals surface area contributed by atoms with Crippen LogP contribution < -0.4 is 16.0 Å². The number of nitrogens with one attached hydrogen (secondary N) is 1. The minimum atomic E-state index is -0.443. The highest BCUT2D eigenvalue weighted by Gasteiger charge is 2.06. The third-order valence-electron chi connectivity index (χ3n) is 1.44. The van der Waals surface area contributed by atoms with Gasteiger partial charge in [-0.1, -0.05) is 29.3 Å². The van der Waals surface area contributed by atoms with Gasteiger partial charge in [-0.25, -0.2) is 5.84 Å². The number of hydrogen-bond donors (Lipinski definition) is 2. The molecule has 0 aliphatic heterocycles. The summed E-state index contributed by atoms with van der Waals surface area (Å²) in [5, 5.41) is 0.649. The summed E-state index contributed by atoms with van der Waals surface area (Å²) in [6.07, 6.45) is 0. The fourth-order valence-electron chi connectivity index (χ4n) is 0.780. The van der Waals surface area contributed by atoms with E-state index < -0.39 is 5.91 Å². The minimum absolute atomic E-state index is 0.198. The van der Waals surface area contributed by atoms with Crippen molar-refractivity contribution in [3.63, 3.8) is 0 Å². The van der Waals surface area contributed by atoms with Crippen LogP contribution in [0.25, 0.3) is 0 Å². The Hall–Kier alpha value is -0.970. The first-order chi connectivity index (χ1) is 6.65. The van der Waals surface area contributed by atoms with Crippen molar-refractivity contribution < 1.29 is 9.53 Å². The maximum absolute atomic E-state index is 10.7. The second kappa shape index (κ2) is 5.05. The van der Waals surface area contributed by atoms with Crippen LogP contribution in [0, 0.1) is 0 Å². The molecule has 0 bridgehead atoms. The van der Waals surface area contributed by atoms with Gasteiger partial charge in [-0.15, -0.1) is 0 Å². The van der Waals surface area contributed by atoms with Crippen LogP contribution in [0.4, 0.5) is 0 Å². The van der Waals surface area contributed by atoms with Gasteiger partial charge in [-0.2, -0.15) is 0 Å². The molecular formula is C8H8Cl2N2O2. The van der Waals surface area contributed by atoms with Crippen LogP contribution in [-0.4, -0.2) is 12.5 Å². The van der Waals surface area contributed by atoms with E-state index in [-0.39, 0.29) is 11.6 Å². The monoisotopic (exact) mass is 234 g/mol. The predicted octanol–water partition coefficient (Wildman–Crippen LogP) is 1.36. The van der Waals surface area contributed by atoms with Crippen molar-refractivity contribution >= 4 is 29.1 Å². The Morgan fingerprint density at radius 2 is 2.21 bits per heavy atom. The number of amides is 1. The summed E-state index contributed by atoms with van der Waals surface area (Å²) in [7, 11) is 0. The van der Waals surface area contributed by atoms with Crippen molar-refractivity contribution in [2.45, 2.75) is 0 Å². The molecule has 0 aliphatic carbocycles. The van der Waals surface area contributed by atoms with E-state index in [1.807, 2.05) is 5.43 Å². The molecule has 0 radical (unpaired) electrons. The van der Waals surface area contributed by atoms with Crippen LogP contribution in [0.15, 0.2) is 18.2 Å². The smallest absolute Gasteiger partial charge is 0.271 e. The molecule has 0 spiro atoms. The highest BCUT2D eigenvalue weighted by Crippen LogP contribution is 2.31. The second-order valence-corrected chi connectivity index (χ2v) is 3.19. The van der Waals surface area contributed by atoms with Crippen molar-refractivity contribution in [1.29, 1.82) is 0 Å². The van der Waals surface area contributed by atoms with Gasteiger partial charge in [-0.05, 0) is 12.1 Å². The molecule has 0 atom stereocenters. The average molecular weight is 235 g/mol. The van der Waals surface area contributed by atoms with Gasteiger partial charge in [-0.3, -0.25) is 10.2 Å². The van der Waals surface area contributed by atoms with Crippen molar-refractivity contribution in [2.75, 3.05) is 6.61 Å². The van der Waals surface area contributed by atoms with Gasteiger partial charge in [0.1, 0.15) is 10.8 Å². The lowest BCUT2D eigenvalue weighted by atomic mass is 10.3. The molecular weight excluding hydrogens is 227 g/mol. The summed E-state index contributed by atoms with van der Waals surface area (Å²) >= 11 is 11.5. The zero-order chi connectivity index (χ0) is 10.6. The molecule has 1 rings (SSSR count). The SMILES string of the molecule is NNC(=O)COc1cccc(Cl)c1Cl. The molecule has 1 amide bonds. The third kappa shape index (κ3) is 2.77. The maximum Gasteiger partial charge on any atom is 0.271 e. The van der Waals surface area contributed by atoms with E-state index in [0.717, 1.165) is 0 Å². The van der Waals surface area contributed by atoms with E-state index in [1.54, 1.807) is 18.2 Å². The number of rotatable bonds is 3. The molecule has 3 N–H and O–H groups in total. The number of carbonyl (C=O) groups excluding carboxylic acids is 1. The first-order valence-electron chi connectivity index (χ1n) is 3.71. The number of hydrogen-bond acceptors (Lipinski definition) is 3. The first-order valence-corrected chi connectivity index (χ1v) is 4.47. The molecule has 14 heavy (non-hydrogen) atoms. The van der Waals surface area contributed by atoms with Crippen molar-refractivity contribution in [2.24, 2.45) is 5.84 Å². The third-order valence-corrected chi connectivity index (χ3v) is 2.24. The highest BCUT2D eigenvalue weighted by atomic mass is 35.5. The van der Waals surface area contributed by atoms with Crippen LogP contribution in [0.5, 0.6) is 5.75 Å². The Labute approximate surface area is 90.9 Å². The number of carbonyl (C=O) groups is 1. The predicted molar refractivity (Wildman–Crippen MR) is 54.3 cm³/mol. The molecule has 76 valence electrons. The first kappa shape index (κ1) is 11.1. The maximum atomic E-state index is 10.7. The van der Waals surface area contributed by atoms with Crippen LogP contribution >= 0.6 is 23.2 Å². The van der Waals surface area contributed by atoms with Gasteiger partial charge in [0.25, 0.3) is 5.91 Å². The van der Waals surface area contributed by atoms with Crippen molar-refractivity contribution in [1.82, 2.24) is 5.43 Å². The zero-order valence-corrected chi connectivity index (χ0v) is 8.60. The number of halogens is 2. The molecule has 0 saturated heterocycles. The van der Waals surface area contributed by atoms with Crippen LogP contribution in [0.2, 0.25) is 10.0 Å². The van der Waals surface area contributed by atoms with E-state index in [1.165, 1.54) is 0 Å². The fraction of sp³-hybridized carbons (Fsp3) is 0.125. The molecule has 0 fully saturated rings. The van der Waals surface area contributed by atoms with Gasteiger partial charge >= 0.3 is 0 Å². The lowest BCUT2D eigenvalue weighted by Gasteiger charge is -2.07. The Morgan fingerprint density at radius 1 is 1.50 bits per heavy atom. The topological polar surface area (TPSA) is 64.3 Å². The van der Waals surface area contributed by atoms with Gasteiger partial charge in [0, 0.05) is 0 Å². The molecule has 0 aromatic heterocycles. The van der Waals surface area contributed by atoms with Crippen LogP contribution in [-0.2, 0) is 4.79 Å². The number of hydrazine groups is 1. The molecule has 0 unspecified atom stereocenters. The van der Waals surface area contributed by atoms with Crippen LogP contribution in [0.1, 0.15) is 0 Å². The number of ether oxygens (including phenoxy) is 1. The zero-order valence-electron chi connectivity index (χ0n) is 7.09. The number of nitrogens with two attached hydrogens (primary N) is 1. The van der Waals surface area contributed by atoms with Crippen LogP contribution in [0.3, 0.4) is 0 Å². The molecule has 4 nitrogen and oxygen atoms in total. The average Bonchev–Trinajstić information content (AvgIpc) is 2.20. The summed E-state index contributed by atoms with van der Waals surface area (Å²) in [4.78, 5) is 10.7. The summed E-state index contributed by atoms with van der Waals surface area (Å²) in [5.41, 5.74) is 1.93. The quantitative estimate of drug-likeness (QED) is 0.472.